The van der Waals surface area contributed by atoms with E-state index >= 15 is 0 Å². The first-order valence-electron chi connectivity index (χ1n) is 5.96. The molecule has 1 heterocycles. The zero-order valence-corrected chi connectivity index (χ0v) is 10.5. The van der Waals surface area contributed by atoms with Crippen LogP contribution in [0.1, 0.15) is 32.3 Å². The molecule has 0 fully saturated rings. The number of aromatic nitrogens is 1. The van der Waals surface area contributed by atoms with E-state index in [1.807, 2.05) is 19.2 Å². The molecule has 0 saturated carbocycles. The summed E-state index contributed by atoms with van der Waals surface area (Å²) in [6.07, 6.45) is 4.27. The third-order valence-electron chi connectivity index (χ3n) is 2.53. The van der Waals surface area contributed by atoms with Crippen molar-refractivity contribution in [1.82, 2.24) is 4.98 Å². The molecule has 1 aromatic rings. The van der Waals surface area contributed by atoms with E-state index in [4.69, 9.17) is 4.74 Å². The second-order valence-corrected chi connectivity index (χ2v) is 4.21. The highest BCUT2D eigenvalue weighted by atomic mass is 16.5. The van der Waals surface area contributed by atoms with Crippen LogP contribution in [0.2, 0.25) is 0 Å². The van der Waals surface area contributed by atoms with Crippen LogP contribution in [0.15, 0.2) is 18.3 Å². The SMILES string of the molecule is CCCC(C)COCc1ccnc(NC)c1. The molecule has 0 saturated heterocycles. The molecule has 0 amide bonds. The lowest BCUT2D eigenvalue weighted by molar-refractivity contribution is 0.0893. The van der Waals surface area contributed by atoms with Crippen molar-refractivity contribution in [1.29, 1.82) is 0 Å². The Morgan fingerprint density at radius 3 is 3.00 bits per heavy atom. The number of anilines is 1. The van der Waals surface area contributed by atoms with Crippen LogP contribution in [-0.4, -0.2) is 18.6 Å². The zero-order chi connectivity index (χ0) is 11.8. The quantitative estimate of drug-likeness (QED) is 0.770. The van der Waals surface area contributed by atoms with Crippen molar-refractivity contribution in [2.75, 3.05) is 19.0 Å². The van der Waals surface area contributed by atoms with Crippen LogP contribution in [0.4, 0.5) is 5.82 Å². The van der Waals surface area contributed by atoms with Crippen LogP contribution in [0.5, 0.6) is 0 Å². The number of hydrogen-bond donors (Lipinski definition) is 1. The Bertz CT molecular complexity index is 302. The molecule has 0 spiro atoms. The minimum absolute atomic E-state index is 0.649. The average Bonchev–Trinajstić information content (AvgIpc) is 2.30. The lowest BCUT2D eigenvalue weighted by Crippen LogP contribution is -2.05. The third-order valence-corrected chi connectivity index (χ3v) is 2.53. The molecule has 0 aromatic carbocycles. The van der Waals surface area contributed by atoms with Gasteiger partial charge in [0, 0.05) is 19.9 Å². The lowest BCUT2D eigenvalue weighted by Gasteiger charge is -2.11. The van der Waals surface area contributed by atoms with Gasteiger partial charge in [-0.1, -0.05) is 20.3 Å². The predicted molar refractivity (Wildman–Crippen MR) is 67.5 cm³/mol. The third kappa shape index (κ3) is 4.62. The second kappa shape index (κ2) is 7.23. The summed E-state index contributed by atoms with van der Waals surface area (Å²) >= 11 is 0. The second-order valence-electron chi connectivity index (χ2n) is 4.21. The van der Waals surface area contributed by atoms with Crippen LogP contribution >= 0.6 is 0 Å². The summed E-state index contributed by atoms with van der Waals surface area (Å²) in [5, 5.41) is 3.02. The van der Waals surface area contributed by atoms with Gasteiger partial charge in [-0.3, -0.25) is 0 Å². The van der Waals surface area contributed by atoms with E-state index in [9.17, 15) is 0 Å². The molecule has 1 N–H and O–H groups in total. The Kier molecular flexibility index (Phi) is 5.86. The molecule has 3 heteroatoms. The minimum atomic E-state index is 0.649. The highest BCUT2D eigenvalue weighted by molar-refractivity contribution is 5.36. The smallest absolute Gasteiger partial charge is 0.125 e. The predicted octanol–water partition coefficient (Wildman–Crippen LogP) is 3.08. The van der Waals surface area contributed by atoms with E-state index in [-0.39, 0.29) is 0 Å². The highest BCUT2D eigenvalue weighted by Crippen LogP contribution is 2.10. The molecule has 90 valence electrons. The largest absolute Gasteiger partial charge is 0.376 e. The van der Waals surface area contributed by atoms with Crippen LogP contribution in [0.25, 0.3) is 0 Å². The van der Waals surface area contributed by atoms with Crippen LogP contribution in [0.3, 0.4) is 0 Å². The molecule has 1 atom stereocenters. The summed E-state index contributed by atoms with van der Waals surface area (Å²) < 4.78 is 5.68. The maximum atomic E-state index is 5.68. The standard InChI is InChI=1S/C13H22N2O/c1-4-5-11(2)9-16-10-12-6-7-15-13(8-12)14-3/h6-8,11H,4-5,9-10H2,1-3H3,(H,14,15). The Morgan fingerprint density at radius 1 is 1.50 bits per heavy atom. The van der Waals surface area contributed by atoms with E-state index in [1.165, 1.54) is 18.4 Å². The summed E-state index contributed by atoms with van der Waals surface area (Å²) in [5.41, 5.74) is 1.17. The van der Waals surface area contributed by atoms with Crippen molar-refractivity contribution >= 4 is 5.82 Å². The molecule has 1 rings (SSSR count). The fourth-order valence-corrected chi connectivity index (χ4v) is 1.65. The number of hydrogen-bond acceptors (Lipinski definition) is 3. The van der Waals surface area contributed by atoms with Gasteiger partial charge in [-0.15, -0.1) is 0 Å². The monoisotopic (exact) mass is 222 g/mol. The van der Waals surface area contributed by atoms with Crippen LogP contribution < -0.4 is 5.32 Å². The summed E-state index contributed by atoms with van der Waals surface area (Å²) in [7, 11) is 1.87. The fourth-order valence-electron chi connectivity index (χ4n) is 1.65. The number of rotatable bonds is 7. The van der Waals surface area contributed by atoms with Crippen molar-refractivity contribution in [2.45, 2.75) is 33.3 Å². The van der Waals surface area contributed by atoms with Crippen molar-refractivity contribution in [3.05, 3.63) is 23.9 Å². The van der Waals surface area contributed by atoms with Crippen molar-refractivity contribution in [3.63, 3.8) is 0 Å². The molecular formula is C13H22N2O. The van der Waals surface area contributed by atoms with E-state index < -0.39 is 0 Å². The number of nitrogens with one attached hydrogen (secondary N) is 1. The maximum absolute atomic E-state index is 5.68. The molecule has 0 bridgehead atoms. The van der Waals surface area contributed by atoms with Gasteiger partial charge in [0.2, 0.25) is 0 Å². The van der Waals surface area contributed by atoms with Crippen LogP contribution in [0, 0.1) is 5.92 Å². The number of ether oxygens (including phenoxy) is 1. The average molecular weight is 222 g/mol. The van der Waals surface area contributed by atoms with Crippen LogP contribution in [-0.2, 0) is 11.3 Å². The summed E-state index contributed by atoms with van der Waals surface area (Å²) in [6, 6.07) is 4.01. The first-order valence-corrected chi connectivity index (χ1v) is 5.96. The Labute approximate surface area is 98.2 Å². The summed E-state index contributed by atoms with van der Waals surface area (Å²) in [5.74, 6) is 1.54. The topological polar surface area (TPSA) is 34.1 Å². The minimum Gasteiger partial charge on any atom is -0.376 e. The molecule has 1 aromatic heterocycles. The molecule has 3 nitrogen and oxygen atoms in total. The van der Waals surface area contributed by atoms with Gasteiger partial charge in [0.15, 0.2) is 0 Å². The van der Waals surface area contributed by atoms with E-state index in [0.717, 1.165) is 12.4 Å². The summed E-state index contributed by atoms with van der Waals surface area (Å²) in [4.78, 5) is 4.16. The summed E-state index contributed by atoms with van der Waals surface area (Å²) in [6.45, 7) is 5.95. The van der Waals surface area contributed by atoms with Gasteiger partial charge in [0.1, 0.15) is 5.82 Å². The van der Waals surface area contributed by atoms with Gasteiger partial charge >= 0.3 is 0 Å². The van der Waals surface area contributed by atoms with Crippen molar-refractivity contribution in [2.24, 2.45) is 5.92 Å². The molecule has 0 aliphatic heterocycles. The highest BCUT2D eigenvalue weighted by Gasteiger charge is 2.01. The number of nitrogens with zero attached hydrogens (tertiary/aromatic N) is 1. The Balaban J connectivity index is 2.31. The van der Waals surface area contributed by atoms with Gasteiger partial charge in [-0.2, -0.15) is 0 Å². The van der Waals surface area contributed by atoms with Gasteiger partial charge in [-0.25, -0.2) is 4.98 Å². The molecule has 0 aliphatic carbocycles. The Morgan fingerprint density at radius 2 is 2.31 bits per heavy atom. The molecule has 16 heavy (non-hydrogen) atoms. The molecule has 0 aliphatic rings. The van der Waals surface area contributed by atoms with E-state index in [0.29, 0.717) is 12.5 Å². The molecule has 1 unspecified atom stereocenters. The van der Waals surface area contributed by atoms with Gasteiger partial charge < -0.3 is 10.1 Å². The first kappa shape index (κ1) is 13.0. The van der Waals surface area contributed by atoms with Crippen molar-refractivity contribution < 1.29 is 4.74 Å². The van der Waals surface area contributed by atoms with E-state index in [1.54, 1.807) is 6.20 Å². The van der Waals surface area contributed by atoms with Gasteiger partial charge in [-0.05, 0) is 30.0 Å². The molecule has 0 radical (unpaired) electrons. The lowest BCUT2D eigenvalue weighted by atomic mass is 10.1. The zero-order valence-electron chi connectivity index (χ0n) is 10.5. The first-order chi connectivity index (χ1) is 7.76. The number of pyridine rings is 1. The van der Waals surface area contributed by atoms with E-state index in [2.05, 4.69) is 24.1 Å². The Hall–Kier alpha value is -1.09. The molecular weight excluding hydrogens is 200 g/mol. The maximum Gasteiger partial charge on any atom is 0.125 e. The van der Waals surface area contributed by atoms with Gasteiger partial charge in [0.25, 0.3) is 0 Å². The fraction of sp³-hybridized carbons (Fsp3) is 0.615. The normalized spacial score (nSPS) is 12.4. The van der Waals surface area contributed by atoms with Gasteiger partial charge in [0.05, 0.1) is 6.61 Å². The van der Waals surface area contributed by atoms with Crippen molar-refractivity contribution in [3.8, 4) is 0 Å².